The van der Waals surface area contributed by atoms with E-state index in [2.05, 4.69) is 6.92 Å². The molecule has 1 atom stereocenters. The molecule has 0 aromatic heterocycles. The standard InChI is InChI=1S/C15H23NO3/c1-4-12-5-7-13(8-6-12)9-15(18)16(2)10-14(17)11-19-3/h5-8,14,17H,4,9-11H2,1-3H3. The lowest BCUT2D eigenvalue weighted by Crippen LogP contribution is -2.37. The van der Waals surface area contributed by atoms with Gasteiger partial charge in [-0.25, -0.2) is 0 Å². The second-order valence-corrected chi connectivity index (χ2v) is 4.73. The number of aliphatic hydroxyl groups is 1. The highest BCUT2D eigenvalue weighted by Gasteiger charge is 2.13. The smallest absolute Gasteiger partial charge is 0.226 e. The van der Waals surface area contributed by atoms with E-state index in [-0.39, 0.29) is 12.5 Å². The van der Waals surface area contributed by atoms with E-state index in [9.17, 15) is 9.90 Å². The molecule has 0 heterocycles. The van der Waals surface area contributed by atoms with E-state index < -0.39 is 6.10 Å². The minimum absolute atomic E-state index is 0.000554. The van der Waals surface area contributed by atoms with Gasteiger partial charge >= 0.3 is 0 Å². The summed E-state index contributed by atoms with van der Waals surface area (Å²) in [7, 11) is 3.22. The first-order valence-corrected chi connectivity index (χ1v) is 6.55. The molecule has 1 unspecified atom stereocenters. The first kappa shape index (κ1) is 15.7. The molecule has 0 bridgehead atoms. The molecule has 106 valence electrons. The van der Waals surface area contributed by atoms with E-state index >= 15 is 0 Å². The summed E-state index contributed by atoms with van der Waals surface area (Å²) in [5.41, 5.74) is 2.26. The van der Waals surface area contributed by atoms with Crippen molar-refractivity contribution in [2.24, 2.45) is 0 Å². The van der Waals surface area contributed by atoms with Crippen LogP contribution in [0.5, 0.6) is 0 Å². The molecule has 4 heteroatoms. The highest BCUT2D eigenvalue weighted by molar-refractivity contribution is 5.78. The van der Waals surface area contributed by atoms with Crippen LogP contribution in [-0.2, 0) is 22.4 Å². The Bertz CT molecular complexity index is 389. The molecule has 19 heavy (non-hydrogen) atoms. The maximum Gasteiger partial charge on any atom is 0.226 e. The lowest BCUT2D eigenvalue weighted by molar-refractivity contribution is -0.130. The van der Waals surface area contributed by atoms with E-state index in [1.54, 1.807) is 7.05 Å². The Morgan fingerprint density at radius 2 is 1.89 bits per heavy atom. The summed E-state index contributed by atoms with van der Waals surface area (Å²) in [6.45, 7) is 2.63. The molecular weight excluding hydrogens is 242 g/mol. The van der Waals surface area contributed by atoms with Crippen molar-refractivity contribution in [3.05, 3.63) is 35.4 Å². The van der Waals surface area contributed by atoms with E-state index in [4.69, 9.17) is 4.74 Å². The number of hydrogen-bond donors (Lipinski definition) is 1. The number of likely N-dealkylation sites (N-methyl/N-ethyl adjacent to an activating group) is 1. The number of hydrogen-bond acceptors (Lipinski definition) is 3. The lowest BCUT2D eigenvalue weighted by atomic mass is 10.1. The maximum absolute atomic E-state index is 12.0. The minimum Gasteiger partial charge on any atom is -0.389 e. The molecule has 1 aromatic carbocycles. The van der Waals surface area contributed by atoms with E-state index in [1.165, 1.54) is 17.6 Å². The highest BCUT2D eigenvalue weighted by atomic mass is 16.5. The fraction of sp³-hybridized carbons (Fsp3) is 0.533. The molecule has 1 aromatic rings. The Kier molecular flexibility index (Phi) is 6.53. The van der Waals surface area contributed by atoms with Gasteiger partial charge in [-0.3, -0.25) is 4.79 Å². The van der Waals surface area contributed by atoms with Crippen molar-refractivity contribution in [1.29, 1.82) is 0 Å². The molecular formula is C15H23NO3. The van der Waals surface area contributed by atoms with Crippen molar-refractivity contribution in [2.45, 2.75) is 25.9 Å². The Morgan fingerprint density at radius 1 is 1.32 bits per heavy atom. The maximum atomic E-state index is 12.0. The Hall–Kier alpha value is -1.39. The van der Waals surface area contributed by atoms with Crippen LogP contribution in [0.1, 0.15) is 18.1 Å². The predicted molar refractivity (Wildman–Crippen MR) is 75.0 cm³/mol. The summed E-state index contributed by atoms with van der Waals surface area (Å²) < 4.78 is 4.84. The number of carbonyl (C=O) groups is 1. The first-order valence-electron chi connectivity index (χ1n) is 6.55. The fourth-order valence-electron chi connectivity index (χ4n) is 1.87. The molecule has 4 nitrogen and oxygen atoms in total. The third-order valence-electron chi connectivity index (χ3n) is 3.06. The number of methoxy groups -OCH3 is 1. The molecule has 0 fully saturated rings. The number of ether oxygens (including phenoxy) is 1. The summed E-state index contributed by atoms with van der Waals surface area (Å²) in [5, 5.41) is 9.58. The van der Waals surface area contributed by atoms with Gasteiger partial charge in [-0.2, -0.15) is 0 Å². The summed E-state index contributed by atoms with van der Waals surface area (Å²) in [6, 6.07) is 8.05. The van der Waals surface area contributed by atoms with Crippen LogP contribution in [0.3, 0.4) is 0 Å². The molecule has 0 aliphatic carbocycles. The first-order chi connectivity index (χ1) is 9.06. The second kappa shape index (κ2) is 7.92. The highest BCUT2D eigenvalue weighted by Crippen LogP contribution is 2.07. The number of amides is 1. The van der Waals surface area contributed by atoms with Gasteiger partial charge in [0.2, 0.25) is 5.91 Å². The second-order valence-electron chi connectivity index (χ2n) is 4.73. The van der Waals surface area contributed by atoms with Gasteiger partial charge in [0.05, 0.1) is 19.1 Å². The van der Waals surface area contributed by atoms with Gasteiger partial charge in [0.1, 0.15) is 0 Å². The van der Waals surface area contributed by atoms with E-state index in [0.717, 1.165) is 12.0 Å². The lowest BCUT2D eigenvalue weighted by Gasteiger charge is -2.20. The van der Waals surface area contributed by atoms with Gasteiger partial charge in [0.15, 0.2) is 0 Å². The van der Waals surface area contributed by atoms with Crippen molar-refractivity contribution in [3.8, 4) is 0 Å². The minimum atomic E-state index is -0.638. The average Bonchev–Trinajstić information content (AvgIpc) is 2.39. The van der Waals surface area contributed by atoms with Gasteiger partial charge in [0, 0.05) is 20.7 Å². The quantitative estimate of drug-likeness (QED) is 0.807. The van der Waals surface area contributed by atoms with Crippen LogP contribution in [0, 0.1) is 0 Å². The summed E-state index contributed by atoms with van der Waals surface area (Å²) in [4.78, 5) is 13.5. The molecule has 0 saturated carbocycles. The van der Waals surface area contributed by atoms with Gasteiger partial charge in [-0.1, -0.05) is 31.2 Å². The van der Waals surface area contributed by atoms with Crippen LogP contribution in [0.15, 0.2) is 24.3 Å². The van der Waals surface area contributed by atoms with Crippen LogP contribution in [0.4, 0.5) is 0 Å². The van der Waals surface area contributed by atoms with Gasteiger partial charge in [-0.15, -0.1) is 0 Å². The average molecular weight is 265 g/mol. The normalized spacial score (nSPS) is 12.2. The van der Waals surface area contributed by atoms with Crippen LogP contribution in [0.2, 0.25) is 0 Å². The molecule has 0 spiro atoms. The molecule has 1 rings (SSSR count). The van der Waals surface area contributed by atoms with Crippen LogP contribution >= 0.6 is 0 Å². The third kappa shape index (κ3) is 5.41. The zero-order chi connectivity index (χ0) is 14.3. The van der Waals surface area contributed by atoms with Crippen molar-refractivity contribution in [2.75, 3.05) is 27.3 Å². The number of nitrogens with zero attached hydrogens (tertiary/aromatic N) is 1. The predicted octanol–water partition coefficient (Wildman–Crippen LogP) is 1.26. The monoisotopic (exact) mass is 265 g/mol. The Balaban J connectivity index is 2.48. The van der Waals surface area contributed by atoms with Crippen molar-refractivity contribution in [1.82, 2.24) is 4.90 Å². The van der Waals surface area contributed by atoms with Crippen molar-refractivity contribution >= 4 is 5.91 Å². The Labute approximate surface area is 115 Å². The molecule has 0 saturated heterocycles. The largest absolute Gasteiger partial charge is 0.389 e. The van der Waals surface area contributed by atoms with Crippen LogP contribution < -0.4 is 0 Å². The van der Waals surface area contributed by atoms with E-state index in [0.29, 0.717) is 13.0 Å². The molecule has 1 amide bonds. The molecule has 0 aliphatic rings. The van der Waals surface area contributed by atoms with Gasteiger partial charge in [-0.05, 0) is 17.5 Å². The van der Waals surface area contributed by atoms with Crippen molar-refractivity contribution in [3.63, 3.8) is 0 Å². The number of benzene rings is 1. The number of aliphatic hydroxyl groups excluding tert-OH is 1. The summed E-state index contributed by atoms with van der Waals surface area (Å²) >= 11 is 0. The number of rotatable bonds is 7. The summed E-state index contributed by atoms with van der Waals surface area (Å²) in [6.07, 6.45) is 0.721. The van der Waals surface area contributed by atoms with Crippen molar-refractivity contribution < 1.29 is 14.6 Å². The SMILES string of the molecule is CCc1ccc(CC(=O)N(C)CC(O)COC)cc1. The third-order valence-corrected chi connectivity index (χ3v) is 3.06. The Morgan fingerprint density at radius 3 is 2.42 bits per heavy atom. The molecule has 0 radical (unpaired) electrons. The van der Waals surface area contributed by atoms with Crippen LogP contribution in [0.25, 0.3) is 0 Å². The zero-order valence-electron chi connectivity index (χ0n) is 11.9. The summed E-state index contributed by atoms with van der Waals surface area (Å²) in [5.74, 6) is -0.000554. The van der Waals surface area contributed by atoms with Crippen LogP contribution in [-0.4, -0.2) is 49.3 Å². The number of aryl methyl sites for hydroxylation is 1. The number of carbonyl (C=O) groups excluding carboxylic acids is 1. The molecule has 1 N–H and O–H groups in total. The van der Waals surface area contributed by atoms with Gasteiger partial charge in [0.25, 0.3) is 0 Å². The van der Waals surface area contributed by atoms with E-state index in [1.807, 2.05) is 24.3 Å². The van der Waals surface area contributed by atoms with Gasteiger partial charge < -0.3 is 14.7 Å². The molecule has 0 aliphatic heterocycles. The fourth-order valence-corrected chi connectivity index (χ4v) is 1.87. The zero-order valence-corrected chi connectivity index (χ0v) is 11.9. The topological polar surface area (TPSA) is 49.8 Å².